The molecule has 1 aromatic carbocycles. The van der Waals surface area contributed by atoms with E-state index in [0.29, 0.717) is 47.3 Å². The number of halogens is 2. The first kappa shape index (κ1) is 34.2. The molecule has 1 fully saturated rings. The summed E-state index contributed by atoms with van der Waals surface area (Å²) in [4.78, 5) is 50.1. The normalized spacial score (nSPS) is 17.2. The fourth-order valence-electron chi connectivity index (χ4n) is 6.11. The predicted molar refractivity (Wildman–Crippen MR) is 186 cm³/mol. The van der Waals surface area contributed by atoms with Gasteiger partial charge >= 0.3 is 5.69 Å². The van der Waals surface area contributed by atoms with E-state index in [9.17, 15) is 9.59 Å². The van der Waals surface area contributed by atoms with Crippen molar-refractivity contribution in [2.45, 2.75) is 85.7 Å². The van der Waals surface area contributed by atoms with Gasteiger partial charge in [0.2, 0.25) is 5.91 Å². The molecule has 1 aliphatic rings. The minimum Gasteiger partial charge on any atom is -0.349 e. The van der Waals surface area contributed by atoms with Crippen LogP contribution in [0, 0.1) is 11.7 Å². The molecule has 1 saturated heterocycles. The summed E-state index contributed by atoms with van der Waals surface area (Å²) in [6, 6.07) is 7.65. The van der Waals surface area contributed by atoms with Crippen molar-refractivity contribution in [1.82, 2.24) is 29.4 Å². The number of benzene rings is 1. The Labute approximate surface area is 280 Å². The van der Waals surface area contributed by atoms with Crippen molar-refractivity contribution in [2.75, 3.05) is 18.0 Å². The highest BCUT2D eigenvalue weighted by Crippen LogP contribution is 2.37. The van der Waals surface area contributed by atoms with Crippen molar-refractivity contribution in [3.8, 4) is 16.9 Å². The number of aromatic nitrogens is 5. The summed E-state index contributed by atoms with van der Waals surface area (Å²) in [5.41, 5.74) is 2.00. The number of nitrogens with zero attached hydrogens (tertiary/aromatic N) is 7. The highest BCUT2D eigenvalue weighted by atomic mass is 35.5. The standard InChI is InChI=1S/C36H43ClFN7O2/c1-20(2)12-11-15-29(46)43-17-24(8)44(18-23(43)7)34-26-16-27(37)32(25-13-9-10-14-28(25)38)41-35(26)45(36(47)42-34)33-30(21(3)4)39-19-40-31(33)22(5)6/h9-11,13-16,19-24H,12,17-18H2,1-8H3/b15-11+. The molecule has 0 bridgehead atoms. The minimum atomic E-state index is -0.560. The lowest BCUT2D eigenvalue weighted by Crippen LogP contribution is -2.58. The number of fused-ring (bicyclic) bond motifs is 1. The molecular formula is C36H43ClFN7O2. The molecule has 2 atom stereocenters. The third-order valence-electron chi connectivity index (χ3n) is 8.54. The van der Waals surface area contributed by atoms with Crippen LogP contribution in [-0.2, 0) is 4.79 Å². The molecule has 1 amide bonds. The molecule has 248 valence electrons. The van der Waals surface area contributed by atoms with Gasteiger partial charge in [-0.1, -0.05) is 71.4 Å². The lowest BCUT2D eigenvalue weighted by Gasteiger charge is -2.44. The summed E-state index contributed by atoms with van der Waals surface area (Å²) in [5.74, 6) is 0.251. The van der Waals surface area contributed by atoms with Crippen LogP contribution in [0.2, 0.25) is 5.02 Å². The van der Waals surface area contributed by atoms with Crippen molar-refractivity contribution >= 4 is 34.4 Å². The van der Waals surface area contributed by atoms with Gasteiger partial charge in [0.1, 0.15) is 18.0 Å². The van der Waals surface area contributed by atoms with Gasteiger partial charge in [-0.05, 0) is 62.3 Å². The van der Waals surface area contributed by atoms with Crippen LogP contribution < -0.4 is 10.6 Å². The molecule has 47 heavy (non-hydrogen) atoms. The van der Waals surface area contributed by atoms with Gasteiger partial charge in [-0.2, -0.15) is 4.98 Å². The zero-order chi connectivity index (χ0) is 34.2. The van der Waals surface area contributed by atoms with Gasteiger partial charge in [-0.3, -0.25) is 4.79 Å². The molecule has 5 rings (SSSR count). The molecule has 11 heteroatoms. The smallest absolute Gasteiger partial charge is 0.349 e. The Kier molecular flexibility index (Phi) is 10.1. The number of hydrogen-bond acceptors (Lipinski definition) is 7. The van der Waals surface area contributed by atoms with Crippen LogP contribution in [0.4, 0.5) is 10.2 Å². The molecule has 0 N–H and O–H groups in total. The number of carbonyl (C=O) groups excluding carboxylic acids is 1. The van der Waals surface area contributed by atoms with Crippen LogP contribution in [0.25, 0.3) is 28.0 Å². The van der Waals surface area contributed by atoms with Gasteiger partial charge < -0.3 is 9.80 Å². The lowest BCUT2D eigenvalue weighted by atomic mass is 10.0. The first-order valence-electron chi connectivity index (χ1n) is 16.3. The van der Waals surface area contributed by atoms with E-state index in [1.807, 2.05) is 57.4 Å². The minimum absolute atomic E-state index is 0.0383. The topological polar surface area (TPSA) is 97.1 Å². The van der Waals surface area contributed by atoms with Crippen molar-refractivity contribution in [3.05, 3.63) is 81.5 Å². The molecule has 3 aromatic heterocycles. The number of piperazine rings is 1. The van der Waals surface area contributed by atoms with Gasteiger partial charge in [-0.15, -0.1) is 0 Å². The second-order valence-corrected chi connectivity index (χ2v) is 13.8. The van der Waals surface area contributed by atoms with Crippen LogP contribution in [0.1, 0.15) is 85.0 Å². The second-order valence-electron chi connectivity index (χ2n) is 13.4. The van der Waals surface area contributed by atoms with Gasteiger partial charge in [0.05, 0.1) is 33.2 Å². The lowest BCUT2D eigenvalue weighted by molar-refractivity contribution is -0.128. The first-order chi connectivity index (χ1) is 22.3. The van der Waals surface area contributed by atoms with Crippen molar-refractivity contribution in [2.24, 2.45) is 5.92 Å². The maximum absolute atomic E-state index is 15.1. The largest absolute Gasteiger partial charge is 0.355 e. The van der Waals surface area contributed by atoms with Crippen molar-refractivity contribution in [3.63, 3.8) is 0 Å². The Bertz CT molecular complexity index is 1860. The highest BCUT2D eigenvalue weighted by molar-refractivity contribution is 6.33. The van der Waals surface area contributed by atoms with Gasteiger partial charge in [-0.25, -0.2) is 28.7 Å². The van der Waals surface area contributed by atoms with Gasteiger partial charge in [0.25, 0.3) is 0 Å². The van der Waals surface area contributed by atoms with Crippen molar-refractivity contribution < 1.29 is 9.18 Å². The van der Waals surface area contributed by atoms with E-state index in [-0.39, 0.29) is 51.8 Å². The Morgan fingerprint density at radius 2 is 1.66 bits per heavy atom. The molecule has 4 aromatic rings. The summed E-state index contributed by atoms with van der Waals surface area (Å²) in [6.45, 7) is 17.1. The van der Waals surface area contributed by atoms with E-state index >= 15 is 4.39 Å². The van der Waals surface area contributed by atoms with Crippen molar-refractivity contribution in [1.29, 1.82) is 0 Å². The van der Waals surface area contributed by atoms with Crippen LogP contribution in [0.3, 0.4) is 0 Å². The fourth-order valence-corrected chi connectivity index (χ4v) is 6.37. The maximum Gasteiger partial charge on any atom is 0.355 e. The maximum atomic E-state index is 15.1. The fraction of sp³-hybridized carbons (Fsp3) is 0.444. The monoisotopic (exact) mass is 659 g/mol. The Morgan fingerprint density at radius 1 is 1.00 bits per heavy atom. The Morgan fingerprint density at radius 3 is 2.28 bits per heavy atom. The van der Waals surface area contributed by atoms with E-state index in [1.54, 1.807) is 30.3 Å². The van der Waals surface area contributed by atoms with Crippen LogP contribution in [0.5, 0.6) is 0 Å². The Hall–Kier alpha value is -4.18. The average molecular weight is 660 g/mol. The zero-order valence-corrected chi connectivity index (χ0v) is 29.1. The first-order valence-corrected chi connectivity index (χ1v) is 16.6. The van der Waals surface area contributed by atoms with E-state index in [0.717, 1.165) is 6.42 Å². The third-order valence-corrected chi connectivity index (χ3v) is 8.82. The van der Waals surface area contributed by atoms with E-state index in [4.69, 9.17) is 16.6 Å². The summed E-state index contributed by atoms with van der Waals surface area (Å²) >= 11 is 6.87. The molecular weight excluding hydrogens is 617 g/mol. The summed E-state index contributed by atoms with van der Waals surface area (Å²) in [7, 11) is 0. The summed E-state index contributed by atoms with van der Waals surface area (Å²) in [6.07, 6.45) is 5.92. The molecule has 2 unspecified atom stereocenters. The number of rotatable bonds is 8. The molecule has 4 heterocycles. The number of carbonyl (C=O) groups is 1. The van der Waals surface area contributed by atoms with Gasteiger partial charge in [0, 0.05) is 30.7 Å². The van der Waals surface area contributed by atoms with E-state index in [2.05, 4.69) is 28.8 Å². The predicted octanol–water partition coefficient (Wildman–Crippen LogP) is 7.30. The molecule has 0 aliphatic carbocycles. The van der Waals surface area contributed by atoms with E-state index in [1.165, 1.54) is 17.0 Å². The quantitative estimate of drug-likeness (QED) is 0.183. The number of anilines is 1. The average Bonchev–Trinajstić information content (AvgIpc) is 3.01. The second kappa shape index (κ2) is 13.9. The summed E-state index contributed by atoms with van der Waals surface area (Å²) in [5, 5.41) is 0.747. The SMILES string of the molecule is CC(C)C/C=C/C(=O)N1CC(C)N(c2nc(=O)n(-c3c(C(C)C)ncnc3C(C)C)c3nc(-c4ccccc4F)c(Cl)cc23)CC1C. The van der Waals surface area contributed by atoms with E-state index < -0.39 is 11.5 Å². The number of amides is 1. The summed E-state index contributed by atoms with van der Waals surface area (Å²) < 4.78 is 16.6. The van der Waals surface area contributed by atoms with Crippen LogP contribution in [-0.4, -0.2) is 60.5 Å². The molecule has 0 radical (unpaired) electrons. The number of hydrogen-bond donors (Lipinski definition) is 0. The third kappa shape index (κ3) is 6.79. The highest BCUT2D eigenvalue weighted by Gasteiger charge is 2.34. The van der Waals surface area contributed by atoms with Crippen LogP contribution in [0.15, 0.2) is 53.6 Å². The molecule has 9 nitrogen and oxygen atoms in total. The Balaban J connectivity index is 1.74. The molecule has 0 spiro atoms. The number of allylic oxidation sites excluding steroid dienone is 1. The van der Waals surface area contributed by atoms with Crippen LogP contribution >= 0.6 is 11.6 Å². The number of pyridine rings is 1. The molecule has 0 saturated carbocycles. The van der Waals surface area contributed by atoms with Gasteiger partial charge in [0.15, 0.2) is 5.65 Å². The molecule has 1 aliphatic heterocycles. The zero-order valence-electron chi connectivity index (χ0n) is 28.3.